The van der Waals surface area contributed by atoms with E-state index in [1.54, 1.807) is 0 Å². The lowest BCUT2D eigenvalue weighted by Crippen LogP contribution is -2.02. The highest BCUT2D eigenvalue weighted by molar-refractivity contribution is 7.90. The zero-order valence-corrected chi connectivity index (χ0v) is 8.92. The second kappa shape index (κ2) is 3.88. The van der Waals surface area contributed by atoms with Crippen LogP contribution in [-0.4, -0.2) is 8.42 Å². The van der Waals surface area contributed by atoms with Crippen molar-refractivity contribution in [1.82, 2.24) is 0 Å². The van der Waals surface area contributed by atoms with Crippen LogP contribution in [0.1, 0.15) is 11.1 Å². The van der Waals surface area contributed by atoms with Gasteiger partial charge in [-0.05, 0) is 42.6 Å². The Balaban J connectivity index is 3.59. The van der Waals surface area contributed by atoms with Gasteiger partial charge in [0, 0.05) is 9.43 Å². The number of aryl methyl sites for hydroxylation is 2. The molecule has 0 aromatic heterocycles. The lowest BCUT2D eigenvalue weighted by Gasteiger charge is -2.06. The third kappa shape index (κ3) is 2.26. The van der Waals surface area contributed by atoms with Gasteiger partial charge in [0.25, 0.3) is 10.0 Å². The molecule has 0 aliphatic heterocycles. The van der Waals surface area contributed by atoms with Crippen molar-refractivity contribution in [2.24, 2.45) is 4.52 Å². The highest BCUT2D eigenvalue weighted by Crippen LogP contribution is 2.23. The highest BCUT2D eigenvalue weighted by Gasteiger charge is 2.18. The fourth-order valence-electron chi connectivity index (χ4n) is 1.39. The van der Waals surface area contributed by atoms with Crippen molar-refractivity contribution in [1.29, 1.82) is 0 Å². The molecule has 0 amide bonds. The van der Waals surface area contributed by atoms with Gasteiger partial charge in [-0.1, -0.05) is 0 Å². The van der Waals surface area contributed by atoms with E-state index in [0.29, 0.717) is 0 Å². The van der Waals surface area contributed by atoms with E-state index in [-0.39, 0.29) is 16.0 Å². The van der Waals surface area contributed by atoms with E-state index in [1.807, 2.05) is 0 Å². The summed E-state index contributed by atoms with van der Waals surface area (Å²) >= 11 is 0. The molecule has 0 unspecified atom stereocenters. The van der Waals surface area contributed by atoms with Gasteiger partial charge in [-0.3, -0.25) is 0 Å². The van der Waals surface area contributed by atoms with Crippen molar-refractivity contribution in [3.05, 3.63) is 39.5 Å². The molecule has 7 heteroatoms. The summed E-state index contributed by atoms with van der Waals surface area (Å²) in [5.41, 5.74) is 8.55. The standard InChI is InChI=1S/C8H8FN3O2S/c1-5-3-7(9)4-6(2)8(5)15(13,14)12-11-10/h3-4H,1-2H3. The average molecular weight is 229 g/mol. The lowest BCUT2D eigenvalue weighted by molar-refractivity contribution is 0.594. The minimum Gasteiger partial charge on any atom is -0.216 e. The molecule has 0 aliphatic rings. The van der Waals surface area contributed by atoms with Crippen molar-refractivity contribution in [2.75, 3.05) is 0 Å². The third-order valence-electron chi connectivity index (χ3n) is 1.83. The van der Waals surface area contributed by atoms with Crippen LogP contribution in [0.15, 0.2) is 21.5 Å². The first-order chi connectivity index (χ1) is 6.88. The van der Waals surface area contributed by atoms with Crippen molar-refractivity contribution >= 4 is 10.0 Å². The zero-order chi connectivity index (χ0) is 11.6. The number of rotatable bonds is 2. The SMILES string of the molecule is Cc1cc(F)cc(C)c1S(=O)(=O)N=[N+]=[N-]. The second-order valence-corrected chi connectivity index (χ2v) is 4.54. The summed E-state index contributed by atoms with van der Waals surface area (Å²) < 4.78 is 38.5. The van der Waals surface area contributed by atoms with Crippen LogP contribution >= 0.6 is 0 Å². The predicted octanol–water partition coefficient (Wildman–Crippen LogP) is 2.44. The third-order valence-corrected chi connectivity index (χ3v) is 3.27. The van der Waals surface area contributed by atoms with E-state index < -0.39 is 15.8 Å². The number of halogens is 1. The summed E-state index contributed by atoms with van der Waals surface area (Å²) in [5.74, 6) is -0.523. The number of hydrogen-bond donors (Lipinski definition) is 0. The van der Waals surface area contributed by atoms with E-state index >= 15 is 0 Å². The largest absolute Gasteiger partial charge is 0.264 e. The fourth-order valence-corrected chi connectivity index (χ4v) is 2.50. The Labute approximate surface area is 86.2 Å². The lowest BCUT2D eigenvalue weighted by atomic mass is 10.1. The minimum absolute atomic E-state index is 0.137. The maximum atomic E-state index is 12.9. The summed E-state index contributed by atoms with van der Waals surface area (Å²) in [4.78, 5) is 2.09. The van der Waals surface area contributed by atoms with Gasteiger partial charge in [0.15, 0.2) is 0 Å². The Hall–Kier alpha value is -1.59. The number of sulfonamides is 1. The molecule has 80 valence electrons. The molecule has 0 aliphatic carbocycles. The van der Waals surface area contributed by atoms with Crippen LogP contribution in [0.25, 0.3) is 10.4 Å². The van der Waals surface area contributed by atoms with Crippen LogP contribution < -0.4 is 0 Å². The topological polar surface area (TPSA) is 82.9 Å². The number of hydrogen-bond acceptors (Lipinski definition) is 2. The Bertz CT molecular complexity index is 524. The predicted molar refractivity (Wildman–Crippen MR) is 52.2 cm³/mol. The van der Waals surface area contributed by atoms with Gasteiger partial charge < -0.3 is 0 Å². The average Bonchev–Trinajstić information content (AvgIpc) is 1.99. The van der Waals surface area contributed by atoms with Crippen molar-refractivity contribution < 1.29 is 12.8 Å². The van der Waals surface area contributed by atoms with E-state index in [1.165, 1.54) is 13.8 Å². The molecule has 1 aromatic rings. The van der Waals surface area contributed by atoms with Crippen LogP contribution in [0.3, 0.4) is 0 Å². The molecular formula is C8H8FN3O2S. The van der Waals surface area contributed by atoms with Gasteiger partial charge >= 0.3 is 0 Å². The number of azide groups is 1. The van der Waals surface area contributed by atoms with Gasteiger partial charge in [-0.25, -0.2) is 12.8 Å². The zero-order valence-electron chi connectivity index (χ0n) is 8.10. The first-order valence-electron chi connectivity index (χ1n) is 3.96. The maximum Gasteiger partial charge on any atom is 0.264 e. The summed E-state index contributed by atoms with van der Waals surface area (Å²) in [7, 11) is -4.05. The quantitative estimate of drug-likeness (QED) is 0.443. The first kappa shape index (κ1) is 11.5. The van der Waals surface area contributed by atoms with Crippen molar-refractivity contribution in [3.8, 4) is 0 Å². The minimum atomic E-state index is -4.05. The molecule has 0 heterocycles. The molecule has 0 fully saturated rings. The van der Waals surface area contributed by atoms with Gasteiger partial charge in [0.1, 0.15) is 5.82 Å². The second-order valence-electron chi connectivity index (χ2n) is 3.01. The van der Waals surface area contributed by atoms with Gasteiger partial charge in [-0.2, -0.15) is 0 Å². The maximum absolute atomic E-state index is 12.9. The molecule has 1 rings (SSSR count). The van der Waals surface area contributed by atoms with Crippen LogP contribution in [0.2, 0.25) is 0 Å². The molecule has 0 spiro atoms. The summed E-state index contributed by atoms with van der Waals surface area (Å²) in [6, 6.07) is 2.15. The highest BCUT2D eigenvalue weighted by atomic mass is 32.2. The Morgan fingerprint density at radius 1 is 1.33 bits per heavy atom. The monoisotopic (exact) mass is 229 g/mol. The first-order valence-corrected chi connectivity index (χ1v) is 5.40. The Morgan fingerprint density at radius 2 is 1.80 bits per heavy atom. The van der Waals surface area contributed by atoms with Crippen LogP contribution in [0, 0.1) is 19.7 Å². The molecule has 1 aromatic carbocycles. The Kier molecular flexibility index (Phi) is 2.97. The summed E-state index contributed by atoms with van der Waals surface area (Å²) in [6.07, 6.45) is 0. The number of benzene rings is 1. The van der Waals surface area contributed by atoms with Crippen molar-refractivity contribution in [3.63, 3.8) is 0 Å². The summed E-state index contributed by atoms with van der Waals surface area (Å²) in [5, 5.41) is 0. The number of nitrogens with zero attached hydrogens (tertiary/aromatic N) is 3. The smallest absolute Gasteiger partial charge is 0.216 e. The van der Waals surface area contributed by atoms with Crippen molar-refractivity contribution in [2.45, 2.75) is 18.7 Å². The van der Waals surface area contributed by atoms with Gasteiger partial charge in [0.2, 0.25) is 0 Å². The van der Waals surface area contributed by atoms with Gasteiger partial charge in [0.05, 0.1) is 4.90 Å². The molecule has 0 bridgehead atoms. The molecular weight excluding hydrogens is 221 g/mol. The van der Waals surface area contributed by atoms with Crippen LogP contribution in [0.5, 0.6) is 0 Å². The molecule has 5 nitrogen and oxygen atoms in total. The fraction of sp³-hybridized carbons (Fsp3) is 0.250. The molecule has 0 saturated heterocycles. The van der Waals surface area contributed by atoms with E-state index in [4.69, 9.17) is 5.53 Å². The normalized spacial score (nSPS) is 10.9. The molecule has 0 N–H and O–H groups in total. The molecule has 0 radical (unpaired) electrons. The van der Waals surface area contributed by atoms with E-state index in [0.717, 1.165) is 12.1 Å². The Morgan fingerprint density at radius 3 is 2.20 bits per heavy atom. The van der Waals surface area contributed by atoms with Crippen LogP contribution in [0.4, 0.5) is 4.39 Å². The van der Waals surface area contributed by atoms with E-state index in [9.17, 15) is 12.8 Å². The van der Waals surface area contributed by atoms with Gasteiger partial charge in [-0.15, -0.1) is 0 Å². The molecule has 15 heavy (non-hydrogen) atoms. The molecule has 0 saturated carbocycles. The molecule has 0 atom stereocenters. The van der Waals surface area contributed by atoms with Crippen LogP contribution in [-0.2, 0) is 10.0 Å². The summed E-state index contributed by atoms with van der Waals surface area (Å²) in [6.45, 7) is 2.88. The van der Waals surface area contributed by atoms with E-state index in [2.05, 4.69) is 9.43 Å².